The van der Waals surface area contributed by atoms with Gasteiger partial charge in [0, 0.05) is 13.2 Å². The first-order valence-corrected chi connectivity index (χ1v) is 4.66. The maximum atomic E-state index is 4.14. The first kappa shape index (κ1) is 9.78. The average Bonchev–Trinajstić information content (AvgIpc) is 2.78. The number of nitrogens with one attached hydrogen (secondary N) is 1. The van der Waals surface area contributed by atoms with Crippen molar-refractivity contribution in [2.24, 2.45) is 7.05 Å². The first-order chi connectivity index (χ1) is 7.29. The standard InChI is InChI=1S/C8H13N7/c1-9-3-8-10-6-11-15(8)5-7-4-14(2)13-12-7/h4,6,9H,3,5H2,1-2H3. The van der Waals surface area contributed by atoms with Crippen LogP contribution in [0.5, 0.6) is 0 Å². The van der Waals surface area contributed by atoms with E-state index in [1.54, 1.807) is 15.7 Å². The third kappa shape index (κ3) is 2.18. The molecule has 0 amide bonds. The number of aromatic nitrogens is 6. The highest BCUT2D eigenvalue weighted by Gasteiger charge is 2.05. The minimum absolute atomic E-state index is 0.602. The SMILES string of the molecule is CNCc1ncnn1Cc1cn(C)nn1. The van der Waals surface area contributed by atoms with Gasteiger partial charge < -0.3 is 5.32 Å². The summed E-state index contributed by atoms with van der Waals surface area (Å²) in [6.07, 6.45) is 3.41. The van der Waals surface area contributed by atoms with Gasteiger partial charge in [0.2, 0.25) is 0 Å². The quantitative estimate of drug-likeness (QED) is 0.708. The highest BCUT2D eigenvalue weighted by molar-refractivity contribution is 4.95. The Kier molecular flexibility index (Phi) is 2.72. The van der Waals surface area contributed by atoms with Gasteiger partial charge in [-0.05, 0) is 7.05 Å². The van der Waals surface area contributed by atoms with E-state index in [4.69, 9.17) is 0 Å². The van der Waals surface area contributed by atoms with Crippen LogP contribution in [0, 0.1) is 0 Å². The van der Waals surface area contributed by atoms with Crippen LogP contribution in [0.4, 0.5) is 0 Å². The van der Waals surface area contributed by atoms with Crippen molar-refractivity contribution in [1.29, 1.82) is 0 Å². The molecule has 15 heavy (non-hydrogen) atoms. The molecule has 2 aromatic rings. The van der Waals surface area contributed by atoms with E-state index in [1.165, 1.54) is 0 Å². The van der Waals surface area contributed by atoms with Crippen LogP contribution in [-0.4, -0.2) is 36.8 Å². The lowest BCUT2D eigenvalue weighted by atomic mass is 10.4. The lowest BCUT2D eigenvalue weighted by Gasteiger charge is -2.02. The number of nitrogens with zero attached hydrogens (tertiary/aromatic N) is 6. The second-order valence-electron chi connectivity index (χ2n) is 3.25. The molecule has 0 aliphatic carbocycles. The van der Waals surface area contributed by atoms with Gasteiger partial charge in [-0.1, -0.05) is 5.21 Å². The first-order valence-electron chi connectivity index (χ1n) is 4.66. The van der Waals surface area contributed by atoms with Crippen molar-refractivity contribution in [3.8, 4) is 0 Å². The number of hydrogen-bond acceptors (Lipinski definition) is 5. The monoisotopic (exact) mass is 207 g/mol. The van der Waals surface area contributed by atoms with Crippen LogP contribution in [0.25, 0.3) is 0 Å². The zero-order valence-corrected chi connectivity index (χ0v) is 8.75. The smallest absolute Gasteiger partial charge is 0.141 e. The molecule has 7 nitrogen and oxygen atoms in total. The summed E-state index contributed by atoms with van der Waals surface area (Å²) in [5.74, 6) is 0.892. The van der Waals surface area contributed by atoms with Gasteiger partial charge in [-0.15, -0.1) is 5.10 Å². The number of aryl methyl sites for hydroxylation is 1. The molecule has 2 rings (SSSR count). The molecule has 1 N–H and O–H groups in total. The Morgan fingerprint density at radius 2 is 2.33 bits per heavy atom. The van der Waals surface area contributed by atoms with Crippen molar-refractivity contribution in [3.63, 3.8) is 0 Å². The van der Waals surface area contributed by atoms with E-state index in [1.807, 2.05) is 20.3 Å². The summed E-state index contributed by atoms with van der Waals surface area (Å²) in [5.41, 5.74) is 0.875. The summed E-state index contributed by atoms with van der Waals surface area (Å²) in [4.78, 5) is 4.14. The zero-order valence-electron chi connectivity index (χ0n) is 8.75. The number of rotatable bonds is 4. The summed E-state index contributed by atoms with van der Waals surface area (Å²) in [7, 11) is 3.72. The molecule has 0 saturated carbocycles. The molecular formula is C8H13N7. The van der Waals surface area contributed by atoms with Crippen LogP contribution in [0.3, 0.4) is 0 Å². The molecular weight excluding hydrogens is 194 g/mol. The van der Waals surface area contributed by atoms with Crippen LogP contribution in [0.1, 0.15) is 11.5 Å². The fraction of sp³-hybridized carbons (Fsp3) is 0.500. The Bertz CT molecular complexity index is 430. The zero-order chi connectivity index (χ0) is 10.7. The average molecular weight is 207 g/mol. The van der Waals surface area contributed by atoms with E-state index in [0.717, 1.165) is 11.5 Å². The summed E-state index contributed by atoms with van der Waals surface area (Å²) in [6, 6.07) is 0. The molecule has 0 radical (unpaired) electrons. The van der Waals surface area contributed by atoms with Gasteiger partial charge in [0.05, 0.1) is 13.1 Å². The minimum atomic E-state index is 0.602. The summed E-state index contributed by atoms with van der Waals surface area (Å²) >= 11 is 0. The molecule has 2 aromatic heterocycles. The van der Waals surface area contributed by atoms with Gasteiger partial charge >= 0.3 is 0 Å². The normalized spacial score (nSPS) is 10.8. The van der Waals surface area contributed by atoms with Crippen LogP contribution in [0.2, 0.25) is 0 Å². The number of hydrogen-bond donors (Lipinski definition) is 1. The second kappa shape index (κ2) is 4.18. The van der Waals surface area contributed by atoms with E-state index in [0.29, 0.717) is 13.1 Å². The van der Waals surface area contributed by atoms with Crippen molar-refractivity contribution in [2.75, 3.05) is 7.05 Å². The molecule has 0 fully saturated rings. The van der Waals surface area contributed by atoms with Gasteiger partial charge in [-0.2, -0.15) is 5.10 Å². The molecule has 80 valence electrons. The largest absolute Gasteiger partial charge is 0.313 e. The maximum absolute atomic E-state index is 4.14. The predicted octanol–water partition coefficient (Wildman–Crippen LogP) is -0.826. The summed E-state index contributed by atoms with van der Waals surface area (Å²) in [6.45, 7) is 1.30. The van der Waals surface area contributed by atoms with Crippen molar-refractivity contribution in [1.82, 2.24) is 35.1 Å². The van der Waals surface area contributed by atoms with Gasteiger partial charge in [0.1, 0.15) is 17.8 Å². The van der Waals surface area contributed by atoms with Crippen LogP contribution in [-0.2, 0) is 20.1 Å². The Morgan fingerprint density at radius 1 is 1.47 bits per heavy atom. The van der Waals surface area contributed by atoms with Crippen LogP contribution >= 0.6 is 0 Å². The van der Waals surface area contributed by atoms with E-state index in [2.05, 4.69) is 25.7 Å². The van der Waals surface area contributed by atoms with E-state index in [9.17, 15) is 0 Å². The van der Waals surface area contributed by atoms with Gasteiger partial charge in [0.15, 0.2) is 0 Å². The molecule has 7 heteroatoms. The van der Waals surface area contributed by atoms with Gasteiger partial charge in [-0.3, -0.25) is 4.68 Å². The lowest BCUT2D eigenvalue weighted by Crippen LogP contribution is -2.14. The van der Waals surface area contributed by atoms with E-state index < -0.39 is 0 Å². The molecule has 0 spiro atoms. The predicted molar refractivity (Wildman–Crippen MR) is 52.9 cm³/mol. The summed E-state index contributed by atoms with van der Waals surface area (Å²) in [5, 5.41) is 15.0. The minimum Gasteiger partial charge on any atom is -0.313 e. The molecule has 0 bridgehead atoms. The molecule has 0 atom stereocenters. The third-order valence-electron chi connectivity index (χ3n) is 1.99. The molecule has 2 heterocycles. The van der Waals surface area contributed by atoms with Crippen molar-refractivity contribution in [2.45, 2.75) is 13.1 Å². The lowest BCUT2D eigenvalue weighted by molar-refractivity contribution is 0.603. The van der Waals surface area contributed by atoms with E-state index >= 15 is 0 Å². The van der Waals surface area contributed by atoms with Crippen molar-refractivity contribution < 1.29 is 0 Å². The molecule has 0 aromatic carbocycles. The van der Waals surface area contributed by atoms with E-state index in [-0.39, 0.29) is 0 Å². The maximum Gasteiger partial charge on any atom is 0.141 e. The Hall–Kier alpha value is -1.76. The van der Waals surface area contributed by atoms with Crippen molar-refractivity contribution >= 4 is 0 Å². The Morgan fingerprint density at radius 3 is 3.00 bits per heavy atom. The van der Waals surface area contributed by atoms with Gasteiger partial charge in [0.25, 0.3) is 0 Å². The highest BCUT2D eigenvalue weighted by Crippen LogP contribution is 1.99. The Balaban J connectivity index is 2.13. The molecule has 0 saturated heterocycles. The highest BCUT2D eigenvalue weighted by atomic mass is 15.4. The fourth-order valence-electron chi connectivity index (χ4n) is 1.34. The second-order valence-corrected chi connectivity index (χ2v) is 3.25. The van der Waals surface area contributed by atoms with Crippen molar-refractivity contribution in [3.05, 3.63) is 24.0 Å². The fourth-order valence-corrected chi connectivity index (χ4v) is 1.34. The molecule has 0 unspecified atom stereocenters. The summed E-state index contributed by atoms with van der Waals surface area (Å²) < 4.78 is 3.48. The van der Waals surface area contributed by atoms with Crippen LogP contribution in [0.15, 0.2) is 12.5 Å². The molecule has 0 aliphatic rings. The van der Waals surface area contributed by atoms with Gasteiger partial charge in [-0.25, -0.2) is 9.67 Å². The topological polar surface area (TPSA) is 73.5 Å². The molecule has 0 aliphatic heterocycles. The van der Waals surface area contributed by atoms with Crippen LogP contribution < -0.4 is 5.32 Å². The third-order valence-corrected chi connectivity index (χ3v) is 1.99. The Labute approximate surface area is 87.1 Å².